The smallest absolute Gasteiger partial charge is 0.142 e. The maximum atomic E-state index is 8.91. The molecule has 0 aliphatic rings. The van der Waals surface area contributed by atoms with Crippen molar-refractivity contribution in [2.75, 3.05) is 4.90 Å². The molecule has 2 heterocycles. The van der Waals surface area contributed by atoms with E-state index in [0.29, 0.717) is 11.7 Å². The van der Waals surface area contributed by atoms with E-state index in [1.54, 1.807) is 17.4 Å². The molecule has 0 bridgehead atoms. The second-order valence-corrected chi connectivity index (χ2v) is 5.33. The SMILES string of the molecule is CC(C)N(Cc1cccs1)c1cccc(C#N)n1. The van der Waals surface area contributed by atoms with Gasteiger partial charge in [0.05, 0.1) is 6.54 Å². The van der Waals surface area contributed by atoms with E-state index in [2.05, 4.69) is 47.3 Å². The summed E-state index contributed by atoms with van der Waals surface area (Å²) in [5.74, 6) is 0.859. The van der Waals surface area contributed by atoms with Crippen molar-refractivity contribution >= 4 is 17.2 Å². The third kappa shape index (κ3) is 2.88. The van der Waals surface area contributed by atoms with Gasteiger partial charge in [-0.25, -0.2) is 4.98 Å². The molecule has 0 unspecified atom stereocenters. The first kappa shape index (κ1) is 12.6. The van der Waals surface area contributed by atoms with Gasteiger partial charge < -0.3 is 4.90 Å². The lowest BCUT2D eigenvalue weighted by Crippen LogP contribution is -2.30. The van der Waals surface area contributed by atoms with E-state index in [1.807, 2.05) is 12.1 Å². The topological polar surface area (TPSA) is 39.9 Å². The van der Waals surface area contributed by atoms with Crippen LogP contribution in [0, 0.1) is 11.3 Å². The Morgan fingerprint density at radius 2 is 2.17 bits per heavy atom. The molecule has 0 aromatic carbocycles. The molecule has 0 saturated heterocycles. The lowest BCUT2D eigenvalue weighted by Gasteiger charge is -2.27. The van der Waals surface area contributed by atoms with E-state index in [0.717, 1.165) is 12.4 Å². The van der Waals surface area contributed by atoms with Gasteiger partial charge in [-0.15, -0.1) is 11.3 Å². The second kappa shape index (κ2) is 5.65. The molecule has 0 radical (unpaired) electrons. The Hall–Kier alpha value is -1.86. The number of rotatable bonds is 4. The molecule has 0 amide bonds. The molecule has 92 valence electrons. The highest BCUT2D eigenvalue weighted by Crippen LogP contribution is 2.20. The predicted molar refractivity (Wildman–Crippen MR) is 74.6 cm³/mol. The molecule has 2 aromatic rings. The van der Waals surface area contributed by atoms with Crippen molar-refractivity contribution in [1.29, 1.82) is 5.26 Å². The van der Waals surface area contributed by atoms with Crippen LogP contribution < -0.4 is 4.90 Å². The second-order valence-electron chi connectivity index (χ2n) is 4.29. The van der Waals surface area contributed by atoms with Crippen LogP contribution in [0.3, 0.4) is 0 Å². The number of pyridine rings is 1. The quantitative estimate of drug-likeness (QED) is 0.842. The lowest BCUT2D eigenvalue weighted by molar-refractivity contribution is 0.676. The van der Waals surface area contributed by atoms with Crippen LogP contribution in [0.15, 0.2) is 35.7 Å². The van der Waals surface area contributed by atoms with Gasteiger partial charge in [-0.05, 0) is 37.4 Å². The van der Waals surface area contributed by atoms with Gasteiger partial charge in [0.15, 0.2) is 0 Å². The van der Waals surface area contributed by atoms with Crippen molar-refractivity contribution in [3.8, 4) is 6.07 Å². The third-order valence-electron chi connectivity index (χ3n) is 2.67. The van der Waals surface area contributed by atoms with Crippen LogP contribution in [0.4, 0.5) is 5.82 Å². The normalized spacial score (nSPS) is 10.3. The van der Waals surface area contributed by atoms with Crippen LogP contribution in [0.25, 0.3) is 0 Å². The monoisotopic (exact) mass is 257 g/mol. The largest absolute Gasteiger partial charge is 0.349 e. The van der Waals surface area contributed by atoms with E-state index in [4.69, 9.17) is 5.26 Å². The minimum Gasteiger partial charge on any atom is -0.349 e. The molecule has 4 heteroatoms. The summed E-state index contributed by atoms with van der Waals surface area (Å²) < 4.78 is 0. The summed E-state index contributed by atoms with van der Waals surface area (Å²) in [7, 11) is 0. The van der Waals surface area contributed by atoms with E-state index in [9.17, 15) is 0 Å². The highest BCUT2D eigenvalue weighted by molar-refractivity contribution is 7.09. The predicted octanol–water partition coefficient (Wildman–Crippen LogP) is 3.43. The number of thiophene rings is 1. The summed E-state index contributed by atoms with van der Waals surface area (Å²) in [5, 5.41) is 11.0. The molecular weight excluding hydrogens is 242 g/mol. The van der Waals surface area contributed by atoms with Crippen LogP contribution in [0.2, 0.25) is 0 Å². The van der Waals surface area contributed by atoms with Crippen molar-refractivity contribution in [3.63, 3.8) is 0 Å². The molecule has 2 rings (SSSR count). The van der Waals surface area contributed by atoms with Crippen molar-refractivity contribution in [2.45, 2.75) is 26.4 Å². The van der Waals surface area contributed by atoms with E-state index in [1.165, 1.54) is 4.88 Å². The van der Waals surface area contributed by atoms with Crippen LogP contribution in [0.5, 0.6) is 0 Å². The summed E-state index contributed by atoms with van der Waals surface area (Å²) in [4.78, 5) is 7.86. The van der Waals surface area contributed by atoms with E-state index >= 15 is 0 Å². The molecule has 0 atom stereocenters. The average molecular weight is 257 g/mol. The molecule has 0 spiro atoms. The fraction of sp³-hybridized carbons (Fsp3) is 0.286. The third-order valence-corrected chi connectivity index (χ3v) is 3.53. The van der Waals surface area contributed by atoms with Gasteiger partial charge in [-0.3, -0.25) is 0 Å². The van der Waals surface area contributed by atoms with Crippen molar-refractivity contribution in [1.82, 2.24) is 4.98 Å². The Kier molecular flexibility index (Phi) is 3.96. The number of hydrogen-bond donors (Lipinski definition) is 0. The lowest BCUT2D eigenvalue weighted by atomic mass is 10.2. The first-order valence-electron chi connectivity index (χ1n) is 5.87. The molecular formula is C14H15N3S. The van der Waals surface area contributed by atoms with Crippen LogP contribution >= 0.6 is 11.3 Å². The molecule has 0 aliphatic heterocycles. The Bertz CT molecular complexity index is 540. The number of hydrogen-bond acceptors (Lipinski definition) is 4. The van der Waals surface area contributed by atoms with Crippen molar-refractivity contribution in [2.24, 2.45) is 0 Å². The summed E-state index contributed by atoms with van der Waals surface area (Å²) >= 11 is 1.74. The average Bonchev–Trinajstić information content (AvgIpc) is 2.88. The summed E-state index contributed by atoms with van der Waals surface area (Å²) in [6.45, 7) is 5.10. The fourth-order valence-electron chi connectivity index (χ4n) is 1.74. The zero-order chi connectivity index (χ0) is 13.0. The molecule has 0 saturated carbocycles. The summed E-state index contributed by atoms with van der Waals surface area (Å²) in [6, 6.07) is 12.2. The van der Waals surface area contributed by atoms with Gasteiger partial charge in [0.25, 0.3) is 0 Å². The standard InChI is InChI=1S/C14H15N3S/c1-11(2)17(10-13-6-4-8-18-13)14-7-3-5-12(9-15)16-14/h3-8,11H,10H2,1-2H3. The van der Waals surface area contributed by atoms with Gasteiger partial charge in [0.2, 0.25) is 0 Å². The zero-order valence-electron chi connectivity index (χ0n) is 10.5. The summed E-state index contributed by atoms with van der Waals surface area (Å²) in [6.07, 6.45) is 0. The van der Waals surface area contributed by atoms with Crippen molar-refractivity contribution in [3.05, 3.63) is 46.3 Å². The fourth-order valence-corrected chi connectivity index (χ4v) is 2.45. The zero-order valence-corrected chi connectivity index (χ0v) is 11.3. The van der Waals surface area contributed by atoms with Crippen molar-refractivity contribution < 1.29 is 0 Å². The molecule has 3 nitrogen and oxygen atoms in total. The Morgan fingerprint density at radius 3 is 2.78 bits per heavy atom. The van der Waals surface area contributed by atoms with Gasteiger partial charge in [0.1, 0.15) is 17.6 Å². The number of nitriles is 1. The number of nitrogens with zero attached hydrogens (tertiary/aromatic N) is 3. The highest BCUT2D eigenvalue weighted by Gasteiger charge is 2.13. The van der Waals surface area contributed by atoms with Crippen LogP contribution in [-0.4, -0.2) is 11.0 Å². The molecule has 18 heavy (non-hydrogen) atoms. The minimum absolute atomic E-state index is 0.341. The highest BCUT2D eigenvalue weighted by atomic mass is 32.1. The van der Waals surface area contributed by atoms with E-state index < -0.39 is 0 Å². The van der Waals surface area contributed by atoms with Gasteiger partial charge in [-0.2, -0.15) is 5.26 Å². The molecule has 0 aliphatic carbocycles. The maximum absolute atomic E-state index is 8.91. The first-order valence-corrected chi connectivity index (χ1v) is 6.75. The Balaban J connectivity index is 2.27. The number of aromatic nitrogens is 1. The summed E-state index contributed by atoms with van der Waals surface area (Å²) in [5.41, 5.74) is 0.462. The van der Waals surface area contributed by atoms with Crippen LogP contribution in [-0.2, 0) is 6.54 Å². The van der Waals surface area contributed by atoms with Crippen LogP contribution in [0.1, 0.15) is 24.4 Å². The first-order chi connectivity index (χ1) is 8.70. The maximum Gasteiger partial charge on any atom is 0.142 e. The minimum atomic E-state index is 0.341. The number of anilines is 1. The Morgan fingerprint density at radius 1 is 1.33 bits per heavy atom. The van der Waals surface area contributed by atoms with E-state index in [-0.39, 0.29) is 0 Å². The molecule has 2 aromatic heterocycles. The molecule has 0 fully saturated rings. The van der Waals surface area contributed by atoms with Gasteiger partial charge >= 0.3 is 0 Å². The van der Waals surface area contributed by atoms with Gasteiger partial charge in [0, 0.05) is 10.9 Å². The molecule has 0 N–H and O–H groups in total. The Labute approximate surface area is 111 Å². The van der Waals surface area contributed by atoms with Gasteiger partial charge in [-0.1, -0.05) is 12.1 Å².